The van der Waals surface area contributed by atoms with Crippen LogP contribution in [-0.2, 0) is 16.1 Å². The third-order valence-corrected chi connectivity index (χ3v) is 4.86. The standard InChI is InChI=1S/C18H16ClFN2O3S/c1-24-10-9-22-17-14(20)3-2-4-15(17)26-18(22)21-16(23)11-25-13-7-5-12(19)6-8-13/h2-8H,9-11H2,1H3. The average Bonchev–Trinajstić information content (AvgIpc) is 2.98. The van der Waals surface area contributed by atoms with Crippen LogP contribution in [0.2, 0.25) is 5.02 Å². The van der Waals surface area contributed by atoms with E-state index in [9.17, 15) is 9.18 Å². The van der Waals surface area contributed by atoms with Crippen molar-refractivity contribution in [2.24, 2.45) is 4.99 Å². The van der Waals surface area contributed by atoms with Crippen LogP contribution in [-0.4, -0.2) is 30.8 Å². The smallest absolute Gasteiger partial charge is 0.286 e. The number of nitrogens with zero attached hydrogens (tertiary/aromatic N) is 2. The summed E-state index contributed by atoms with van der Waals surface area (Å²) < 4.78 is 27.1. The van der Waals surface area contributed by atoms with Crippen molar-refractivity contribution in [2.75, 3.05) is 20.3 Å². The highest BCUT2D eigenvalue weighted by molar-refractivity contribution is 7.16. The molecule has 0 N–H and O–H groups in total. The van der Waals surface area contributed by atoms with Crippen LogP contribution < -0.4 is 9.54 Å². The van der Waals surface area contributed by atoms with E-state index in [1.54, 1.807) is 48.1 Å². The second-order valence-corrected chi connectivity index (χ2v) is 6.81. The Morgan fingerprint density at radius 1 is 1.27 bits per heavy atom. The van der Waals surface area contributed by atoms with E-state index in [0.29, 0.717) is 38.9 Å². The van der Waals surface area contributed by atoms with E-state index in [1.165, 1.54) is 17.4 Å². The van der Waals surface area contributed by atoms with Crippen molar-refractivity contribution in [2.45, 2.75) is 6.54 Å². The minimum atomic E-state index is -0.460. The molecule has 0 spiro atoms. The fourth-order valence-corrected chi connectivity index (χ4v) is 3.59. The fourth-order valence-electron chi connectivity index (χ4n) is 2.38. The van der Waals surface area contributed by atoms with Gasteiger partial charge in [-0.25, -0.2) is 4.39 Å². The predicted molar refractivity (Wildman–Crippen MR) is 99.2 cm³/mol. The van der Waals surface area contributed by atoms with Crippen molar-refractivity contribution in [1.82, 2.24) is 4.57 Å². The zero-order valence-electron chi connectivity index (χ0n) is 13.9. The second kappa shape index (κ2) is 8.44. The van der Waals surface area contributed by atoms with Gasteiger partial charge in [-0.2, -0.15) is 4.99 Å². The molecule has 5 nitrogen and oxygen atoms in total. The molecular formula is C18H16ClFN2O3S. The second-order valence-electron chi connectivity index (χ2n) is 5.36. The number of hydrogen-bond acceptors (Lipinski definition) is 4. The molecule has 3 aromatic rings. The van der Waals surface area contributed by atoms with Gasteiger partial charge in [0.1, 0.15) is 11.6 Å². The molecule has 0 aliphatic carbocycles. The molecule has 0 saturated carbocycles. The number of benzene rings is 2. The van der Waals surface area contributed by atoms with Crippen LogP contribution in [0, 0.1) is 5.82 Å². The van der Waals surface area contributed by atoms with Crippen molar-refractivity contribution in [3.63, 3.8) is 0 Å². The Balaban J connectivity index is 1.86. The molecule has 0 radical (unpaired) electrons. The van der Waals surface area contributed by atoms with Crippen molar-refractivity contribution in [1.29, 1.82) is 0 Å². The van der Waals surface area contributed by atoms with E-state index in [-0.39, 0.29) is 12.4 Å². The van der Waals surface area contributed by atoms with Crippen molar-refractivity contribution in [3.8, 4) is 5.75 Å². The van der Waals surface area contributed by atoms with Gasteiger partial charge in [0.05, 0.1) is 16.8 Å². The van der Waals surface area contributed by atoms with E-state index < -0.39 is 5.91 Å². The van der Waals surface area contributed by atoms with Crippen LogP contribution in [0.15, 0.2) is 47.5 Å². The van der Waals surface area contributed by atoms with Gasteiger partial charge in [-0.05, 0) is 36.4 Å². The number of rotatable bonds is 6. The lowest BCUT2D eigenvalue weighted by molar-refractivity contribution is -0.120. The first-order chi connectivity index (χ1) is 12.6. The normalized spacial score (nSPS) is 11.9. The highest BCUT2D eigenvalue weighted by atomic mass is 35.5. The Morgan fingerprint density at radius 2 is 2.04 bits per heavy atom. The van der Waals surface area contributed by atoms with Crippen LogP contribution in [0.5, 0.6) is 5.75 Å². The summed E-state index contributed by atoms with van der Waals surface area (Å²) in [5.41, 5.74) is 0.416. The maximum atomic E-state index is 14.2. The summed E-state index contributed by atoms with van der Waals surface area (Å²) >= 11 is 7.06. The first kappa shape index (κ1) is 18.6. The number of para-hydroxylation sites is 1. The Hall–Kier alpha value is -2.22. The highest BCUT2D eigenvalue weighted by Gasteiger charge is 2.12. The quantitative estimate of drug-likeness (QED) is 0.641. The summed E-state index contributed by atoms with van der Waals surface area (Å²) in [6, 6.07) is 11.5. The Bertz CT molecular complexity index is 982. The monoisotopic (exact) mass is 394 g/mol. The van der Waals surface area contributed by atoms with Crippen molar-refractivity contribution in [3.05, 3.63) is 58.1 Å². The van der Waals surface area contributed by atoms with Gasteiger partial charge in [0.15, 0.2) is 11.4 Å². The number of carbonyl (C=O) groups is 1. The minimum Gasteiger partial charge on any atom is -0.484 e. The molecule has 26 heavy (non-hydrogen) atoms. The lowest BCUT2D eigenvalue weighted by Crippen LogP contribution is -2.21. The van der Waals surface area contributed by atoms with Crippen LogP contribution in [0.3, 0.4) is 0 Å². The largest absolute Gasteiger partial charge is 0.484 e. The molecule has 1 aromatic heterocycles. The number of aromatic nitrogens is 1. The molecule has 0 fully saturated rings. The summed E-state index contributed by atoms with van der Waals surface area (Å²) in [6.45, 7) is 0.549. The van der Waals surface area contributed by atoms with E-state index >= 15 is 0 Å². The summed E-state index contributed by atoms with van der Waals surface area (Å²) in [6.07, 6.45) is 0. The lowest BCUT2D eigenvalue weighted by atomic mass is 10.3. The number of amides is 1. The van der Waals surface area contributed by atoms with Gasteiger partial charge in [0.2, 0.25) is 0 Å². The van der Waals surface area contributed by atoms with Crippen molar-refractivity contribution < 1.29 is 18.7 Å². The molecule has 0 bridgehead atoms. The maximum absolute atomic E-state index is 14.2. The van der Waals surface area contributed by atoms with Gasteiger partial charge < -0.3 is 14.0 Å². The predicted octanol–water partition coefficient (Wildman–Crippen LogP) is 3.65. The topological polar surface area (TPSA) is 52.8 Å². The average molecular weight is 395 g/mol. The number of thiazole rings is 1. The molecule has 0 saturated heterocycles. The molecular weight excluding hydrogens is 379 g/mol. The van der Waals surface area contributed by atoms with Crippen LogP contribution in [0.1, 0.15) is 0 Å². The van der Waals surface area contributed by atoms with E-state index in [4.69, 9.17) is 21.1 Å². The van der Waals surface area contributed by atoms with E-state index in [0.717, 1.165) is 0 Å². The molecule has 0 aliphatic rings. The van der Waals surface area contributed by atoms with Gasteiger partial charge in [0.25, 0.3) is 5.91 Å². The maximum Gasteiger partial charge on any atom is 0.286 e. The first-order valence-corrected chi connectivity index (χ1v) is 9.00. The lowest BCUT2D eigenvalue weighted by Gasteiger charge is -2.05. The van der Waals surface area contributed by atoms with E-state index in [1.807, 2.05) is 0 Å². The summed E-state index contributed by atoms with van der Waals surface area (Å²) in [4.78, 5) is 16.7. The SMILES string of the molecule is COCCn1c(=NC(=O)COc2ccc(Cl)cc2)sc2cccc(F)c21. The molecule has 3 rings (SSSR count). The zero-order chi connectivity index (χ0) is 18.5. The van der Waals surface area contributed by atoms with Gasteiger partial charge in [-0.15, -0.1) is 0 Å². The number of ether oxygens (including phenoxy) is 2. The third-order valence-electron chi connectivity index (χ3n) is 3.57. The van der Waals surface area contributed by atoms with Gasteiger partial charge in [-0.3, -0.25) is 4.79 Å². The van der Waals surface area contributed by atoms with Gasteiger partial charge >= 0.3 is 0 Å². The Labute approximate surface area is 158 Å². The molecule has 2 aromatic carbocycles. The molecule has 8 heteroatoms. The van der Waals surface area contributed by atoms with Crippen LogP contribution >= 0.6 is 22.9 Å². The fraction of sp³-hybridized carbons (Fsp3) is 0.222. The number of hydrogen-bond donors (Lipinski definition) is 0. The zero-order valence-corrected chi connectivity index (χ0v) is 15.5. The molecule has 0 unspecified atom stereocenters. The van der Waals surface area contributed by atoms with E-state index in [2.05, 4.69) is 4.99 Å². The summed E-state index contributed by atoms with van der Waals surface area (Å²) in [5, 5.41) is 0.583. The van der Waals surface area contributed by atoms with Gasteiger partial charge in [0, 0.05) is 18.7 Å². The molecule has 0 aliphatic heterocycles. The van der Waals surface area contributed by atoms with Crippen LogP contribution in [0.4, 0.5) is 4.39 Å². The Morgan fingerprint density at radius 3 is 2.77 bits per heavy atom. The number of methoxy groups -OCH3 is 1. The molecule has 1 heterocycles. The van der Waals surface area contributed by atoms with Gasteiger partial charge in [-0.1, -0.05) is 29.0 Å². The van der Waals surface area contributed by atoms with Crippen molar-refractivity contribution >= 4 is 39.1 Å². The number of fused-ring (bicyclic) bond motifs is 1. The van der Waals surface area contributed by atoms with Crippen LogP contribution in [0.25, 0.3) is 10.2 Å². The molecule has 136 valence electrons. The highest BCUT2D eigenvalue weighted by Crippen LogP contribution is 2.20. The first-order valence-electron chi connectivity index (χ1n) is 7.81. The number of halogens is 2. The Kier molecular flexibility index (Phi) is 6.03. The molecule has 0 atom stereocenters. The molecule has 1 amide bonds. The number of carbonyl (C=O) groups excluding carboxylic acids is 1. The summed E-state index contributed by atoms with van der Waals surface area (Å²) in [7, 11) is 1.56. The third kappa shape index (κ3) is 4.30. The summed E-state index contributed by atoms with van der Waals surface area (Å²) in [5.74, 6) is -0.299. The minimum absolute atomic E-state index is 0.220.